The molecule has 4 nitrogen and oxygen atoms in total. The standard InChI is InChI=1S/C10H13N3O/c1-11-6-10(14)9-5-12-7-3-2-4-8(7)13-9/h5,11H,2-4,6H2,1H3. The minimum absolute atomic E-state index is 0.00898. The molecule has 0 amide bonds. The lowest BCUT2D eigenvalue weighted by Gasteiger charge is -2.01. The number of rotatable bonds is 3. The maximum Gasteiger partial charge on any atom is 0.196 e. The highest BCUT2D eigenvalue weighted by Crippen LogP contribution is 2.17. The molecule has 0 bridgehead atoms. The van der Waals surface area contributed by atoms with Gasteiger partial charge < -0.3 is 5.32 Å². The summed E-state index contributed by atoms with van der Waals surface area (Å²) in [6.45, 7) is 0.327. The monoisotopic (exact) mass is 191 g/mol. The van der Waals surface area contributed by atoms with Gasteiger partial charge in [0, 0.05) is 0 Å². The van der Waals surface area contributed by atoms with Gasteiger partial charge in [0.1, 0.15) is 5.69 Å². The van der Waals surface area contributed by atoms with E-state index in [1.54, 1.807) is 13.2 Å². The molecule has 74 valence electrons. The molecule has 14 heavy (non-hydrogen) atoms. The topological polar surface area (TPSA) is 54.9 Å². The number of nitrogens with zero attached hydrogens (tertiary/aromatic N) is 2. The van der Waals surface area contributed by atoms with Crippen molar-refractivity contribution < 1.29 is 4.79 Å². The Morgan fingerprint density at radius 2 is 2.29 bits per heavy atom. The number of carbonyl (C=O) groups is 1. The minimum atomic E-state index is 0.00898. The van der Waals surface area contributed by atoms with Crippen molar-refractivity contribution in [3.63, 3.8) is 0 Å². The van der Waals surface area contributed by atoms with Gasteiger partial charge in [-0.2, -0.15) is 0 Å². The number of hydrogen-bond acceptors (Lipinski definition) is 4. The second kappa shape index (κ2) is 3.84. The number of likely N-dealkylation sites (N-methyl/N-ethyl adjacent to an activating group) is 1. The van der Waals surface area contributed by atoms with Gasteiger partial charge in [-0.05, 0) is 26.3 Å². The van der Waals surface area contributed by atoms with Crippen molar-refractivity contribution in [2.75, 3.05) is 13.6 Å². The quantitative estimate of drug-likeness (QED) is 0.701. The van der Waals surface area contributed by atoms with Crippen LogP contribution < -0.4 is 5.32 Å². The van der Waals surface area contributed by atoms with Crippen LogP contribution in [0.5, 0.6) is 0 Å². The fraction of sp³-hybridized carbons (Fsp3) is 0.500. The maximum atomic E-state index is 11.5. The molecule has 0 atom stereocenters. The number of aromatic nitrogens is 2. The summed E-state index contributed by atoms with van der Waals surface area (Å²) in [6, 6.07) is 0. The van der Waals surface area contributed by atoms with Gasteiger partial charge >= 0.3 is 0 Å². The highest BCUT2D eigenvalue weighted by molar-refractivity contribution is 5.95. The van der Waals surface area contributed by atoms with E-state index in [4.69, 9.17) is 0 Å². The van der Waals surface area contributed by atoms with E-state index in [1.165, 1.54) is 0 Å². The SMILES string of the molecule is CNCC(=O)c1cnc2c(n1)CCC2. The van der Waals surface area contributed by atoms with Crippen LogP contribution in [0.15, 0.2) is 6.20 Å². The molecule has 1 aliphatic rings. The molecule has 0 radical (unpaired) electrons. The molecule has 0 unspecified atom stereocenters. The van der Waals surface area contributed by atoms with E-state index in [0.717, 1.165) is 30.7 Å². The number of nitrogens with one attached hydrogen (secondary N) is 1. The fourth-order valence-corrected chi connectivity index (χ4v) is 1.67. The predicted molar refractivity (Wildman–Crippen MR) is 52.3 cm³/mol. The highest BCUT2D eigenvalue weighted by Gasteiger charge is 2.16. The van der Waals surface area contributed by atoms with E-state index in [2.05, 4.69) is 15.3 Å². The first-order valence-corrected chi connectivity index (χ1v) is 4.84. The average molecular weight is 191 g/mol. The van der Waals surface area contributed by atoms with Crippen LogP contribution in [0.1, 0.15) is 28.3 Å². The van der Waals surface area contributed by atoms with Crippen LogP contribution in [-0.4, -0.2) is 29.3 Å². The van der Waals surface area contributed by atoms with Gasteiger partial charge in [0.25, 0.3) is 0 Å². The molecular formula is C10H13N3O. The molecule has 0 spiro atoms. The van der Waals surface area contributed by atoms with Crippen molar-refractivity contribution in [2.45, 2.75) is 19.3 Å². The largest absolute Gasteiger partial charge is 0.313 e. The zero-order valence-electron chi connectivity index (χ0n) is 8.21. The number of Topliss-reactive ketones (excluding diaryl/α,β-unsaturated/α-hetero) is 1. The molecule has 1 aromatic rings. The molecular weight excluding hydrogens is 178 g/mol. The van der Waals surface area contributed by atoms with Gasteiger partial charge in [-0.25, -0.2) is 4.98 Å². The van der Waals surface area contributed by atoms with Crippen LogP contribution >= 0.6 is 0 Å². The molecule has 0 saturated heterocycles. The van der Waals surface area contributed by atoms with Crippen LogP contribution in [0.2, 0.25) is 0 Å². The highest BCUT2D eigenvalue weighted by atomic mass is 16.1. The maximum absolute atomic E-state index is 11.5. The van der Waals surface area contributed by atoms with E-state index in [1.807, 2.05) is 0 Å². The van der Waals surface area contributed by atoms with E-state index in [-0.39, 0.29) is 5.78 Å². The summed E-state index contributed by atoms with van der Waals surface area (Å²) in [5.41, 5.74) is 2.55. The third kappa shape index (κ3) is 1.65. The Labute approximate surface area is 82.8 Å². The Hall–Kier alpha value is -1.29. The fourth-order valence-electron chi connectivity index (χ4n) is 1.67. The lowest BCUT2D eigenvalue weighted by atomic mass is 10.2. The molecule has 1 heterocycles. The van der Waals surface area contributed by atoms with E-state index in [9.17, 15) is 4.79 Å². The number of fused-ring (bicyclic) bond motifs is 1. The zero-order valence-corrected chi connectivity index (χ0v) is 8.21. The molecule has 2 rings (SSSR count). The predicted octanol–water partition coefficient (Wildman–Crippen LogP) is 0.367. The van der Waals surface area contributed by atoms with Crippen LogP contribution in [0, 0.1) is 0 Å². The third-order valence-corrected chi connectivity index (χ3v) is 2.38. The van der Waals surface area contributed by atoms with Crippen molar-refractivity contribution in [2.24, 2.45) is 0 Å². The number of carbonyl (C=O) groups excluding carboxylic acids is 1. The second-order valence-electron chi connectivity index (χ2n) is 3.46. The molecule has 0 fully saturated rings. The van der Waals surface area contributed by atoms with Crippen molar-refractivity contribution in [1.82, 2.24) is 15.3 Å². The molecule has 0 aromatic carbocycles. The normalized spacial score (nSPS) is 14.1. The summed E-state index contributed by atoms with van der Waals surface area (Å²) in [7, 11) is 1.75. The van der Waals surface area contributed by atoms with Gasteiger partial charge in [-0.15, -0.1) is 0 Å². The summed E-state index contributed by atoms with van der Waals surface area (Å²) in [6.07, 6.45) is 4.66. The van der Waals surface area contributed by atoms with Crippen molar-refractivity contribution in [3.05, 3.63) is 23.3 Å². The van der Waals surface area contributed by atoms with Gasteiger partial charge in [-0.3, -0.25) is 9.78 Å². The van der Waals surface area contributed by atoms with Crippen molar-refractivity contribution >= 4 is 5.78 Å². The number of hydrogen-bond donors (Lipinski definition) is 1. The van der Waals surface area contributed by atoms with Gasteiger partial charge in [0.2, 0.25) is 0 Å². The van der Waals surface area contributed by atoms with E-state index in [0.29, 0.717) is 12.2 Å². The van der Waals surface area contributed by atoms with Gasteiger partial charge in [0.15, 0.2) is 5.78 Å². The molecule has 1 aliphatic carbocycles. The van der Waals surface area contributed by atoms with Crippen LogP contribution in [0.4, 0.5) is 0 Å². The van der Waals surface area contributed by atoms with Crippen LogP contribution in [0.3, 0.4) is 0 Å². The van der Waals surface area contributed by atoms with Crippen molar-refractivity contribution in [3.8, 4) is 0 Å². The summed E-state index contributed by atoms with van der Waals surface area (Å²) in [5, 5.41) is 2.82. The second-order valence-corrected chi connectivity index (χ2v) is 3.46. The van der Waals surface area contributed by atoms with E-state index >= 15 is 0 Å². The van der Waals surface area contributed by atoms with E-state index < -0.39 is 0 Å². The molecule has 1 aromatic heterocycles. The zero-order chi connectivity index (χ0) is 9.97. The minimum Gasteiger partial charge on any atom is -0.313 e. The Kier molecular flexibility index (Phi) is 2.54. The molecule has 1 N–H and O–H groups in total. The lowest BCUT2D eigenvalue weighted by Crippen LogP contribution is -2.20. The molecule has 4 heteroatoms. The smallest absolute Gasteiger partial charge is 0.196 e. The van der Waals surface area contributed by atoms with Crippen LogP contribution in [0.25, 0.3) is 0 Å². The number of ketones is 1. The Morgan fingerprint density at radius 1 is 1.50 bits per heavy atom. The summed E-state index contributed by atoms with van der Waals surface area (Å²) in [4.78, 5) is 20.1. The Morgan fingerprint density at radius 3 is 3.07 bits per heavy atom. The van der Waals surface area contributed by atoms with Gasteiger partial charge in [-0.1, -0.05) is 0 Å². The Balaban J connectivity index is 2.24. The van der Waals surface area contributed by atoms with Gasteiger partial charge in [0.05, 0.1) is 24.1 Å². The van der Waals surface area contributed by atoms with Crippen molar-refractivity contribution in [1.29, 1.82) is 0 Å². The first-order chi connectivity index (χ1) is 6.81. The first-order valence-electron chi connectivity index (χ1n) is 4.84. The summed E-state index contributed by atoms with van der Waals surface area (Å²) in [5.74, 6) is 0.00898. The summed E-state index contributed by atoms with van der Waals surface area (Å²) >= 11 is 0. The number of aryl methyl sites for hydroxylation is 2. The molecule has 0 aliphatic heterocycles. The Bertz CT molecular complexity index is 362. The summed E-state index contributed by atoms with van der Waals surface area (Å²) < 4.78 is 0. The first kappa shape index (κ1) is 9.27. The third-order valence-electron chi connectivity index (χ3n) is 2.38. The molecule has 0 saturated carbocycles. The van der Waals surface area contributed by atoms with Crippen LogP contribution in [-0.2, 0) is 12.8 Å². The lowest BCUT2D eigenvalue weighted by molar-refractivity contribution is 0.0988. The average Bonchev–Trinajstić information content (AvgIpc) is 2.64.